The maximum absolute atomic E-state index is 14.3. The number of benzene rings is 2. The first-order valence-electron chi connectivity index (χ1n) is 9.00. The van der Waals surface area contributed by atoms with Gasteiger partial charge in [-0.15, -0.1) is 0 Å². The van der Waals surface area contributed by atoms with Crippen LogP contribution in [-0.4, -0.2) is 17.4 Å². The zero-order valence-electron chi connectivity index (χ0n) is 15.6. The van der Waals surface area contributed by atoms with Crippen molar-refractivity contribution in [3.63, 3.8) is 0 Å². The van der Waals surface area contributed by atoms with Crippen LogP contribution in [0.3, 0.4) is 0 Å². The SMILES string of the molecule is Cc1ccccc1CCNCc1ccc(Oc2ccc(C(N)=O)nc2)c(F)c1. The lowest BCUT2D eigenvalue weighted by molar-refractivity contribution is 0.0995. The third-order valence-electron chi connectivity index (χ3n) is 4.37. The maximum atomic E-state index is 14.3. The standard InChI is InChI=1S/C22H22FN3O2/c1-15-4-2-3-5-17(15)10-11-25-13-16-6-9-21(19(23)12-16)28-18-7-8-20(22(24)27)26-14-18/h2-9,12,14,25H,10-11,13H2,1H3,(H2,24,27). The number of ether oxygens (including phenoxy) is 1. The zero-order chi connectivity index (χ0) is 19.9. The van der Waals surface area contributed by atoms with Crippen molar-refractivity contribution in [3.05, 3.63) is 89.0 Å². The van der Waals surface area contributed by atoms with E-state index in [9.17, 15) is 9.18 Å². The van der Waals surface area contributed by atoms with Gasteiger partial charge in [-0.05, 0) is 60.8 Å². The molecule has 3 aromatic rings. The van der Waals surface area contributed by atoms with Gasteiger partial charge >= 0.3 is 0 Å². The molecule has 0 fully saturated rings. The molecule has 5 nitrogen and oxygen atoms in total. The quantitative estimate of drug-likeness (QED) is 0.585. The molecule has 3 N–H and O–H groups in total. The number of rotatable bonds is 8. The number of halogens is 1. The molecule has 0 unspecified atom stereocenters. The molecule has 0 saturated heterocycles. The van der Waals surface area contributed by atoms with Crippen molar-refractivity contribution in [2.24, 2.45) is 5.73 Å². The zero-order valence-corrected chi connectivity index (χ0v) is 15.6. The first-order valence-corrected chi connectivity index (χ1v) is 9.00. The number of primary amides is 1. The van der Waals surface area contributed by atoms with Crippen molar-refractivity contribution in [1.82, 2.24) is 10.3 Å². The van der Waals surface area contributed by atoms with Crippen molar-refractivity contribution in [1.29, 1.82) is 0 Å². The minimum Gasteiger partial charge on any atom is -0.453 e. The fourth-order valence-corrected chi connectivity index (χ4v) is 2.80. The summed E-state index contributed by atoms with van der Waals surface area (Å²) in [5.74, 6) is -0.667. The summed E-state index contributed by atoms with van der Waals surface area (Å²) in [5.41, 5.74) is 8.67. The summed E-state index contributed by atoms with van der Waals surface area (Å²) in [6.07, 6.45) is 2.26. The van der Waals surface area contributed by atoms with Gasteiger partial charge in [0.1, 0.15) is 11.4 Å². The molecule has 6 heteroatoms. The molecule has 0 spiro atoms. The predicted molar refractivity (Wildman–Crippen MR) is 106 cm³/mol. The summed E-state index contributed by atoms with van der Waals surface area (Å²) in [4.78, 5) is 14.9. The number of aryl methyl sites for hydroxylation is 1. The Morgan fingerprint density at radius 1 is 1.18 bits per heavy atom. The van der Waals surface area contributed by atoms with E-state index in [-0.39, 0.29) is 11.4 Å². The second-order valence-corrected chi connectivity index (χ2v) is 6.46. The third-order valence-corrected chi connectivity index (χ3v) is 4.37. The number of nitrogens with two attached hydrogens (primary N) is 1. The van der Waals surface area contributed by atoms with Crippen LogP contribution in [0.15, 0.2) is 60.8 Å². The number of hydrogen-bond donors (Lipinski definition) is 2. The van der Waals surface area contributed by atoms with Crippen LogP contribution >= 0.6 is 0 Å². The molecule has 28 heavy (non-hydrogen) atoms. The number of carbonyl (C=O) groups excluding carboxylic acids is 1. The van der Waals surface area contributed by atoms with E-state index in [2.05, 4.69) is 29.4 Å². The molecule has 1 aromatic heterocycles. The molecular formula is C22H22FN3O2. The number of nitrogens with zero attached hydrogens (tertiary/aromatic N) is 1. The Bertz CT molecular complexity index is 958. The Morgan fingerprint density at radius 2 is 2.00 bits per heavy atom. The first-order chi connectivity index (χ1) is 13.5. The molecule has 0 bridgehead atoms. The van der Waals surface area contributed by atoms with Crippen molar-refractivity contribution in [2.45, 2.75) is 19.9 Å². The van der Waals surface area contributed by atoms with Gasteiger partial charge in [0.15, 0.2) is 11.6 Å². The Kier molecular flexibility index (Phi) is 6.34. The third kappa shape index (κ3) is 5.14. The number of nitrogens with one attached hydrogen (secondary N) is 1. The lowest BCUT2D eigenvalue weighted by atomic mass is 10.1. The molecule has 0 aliphatic carbocycles. The first kappa shape index (κ1) is 19.5. The van der Waals surface area contributed by atoms with E-state index in [0.717, 1.165) is 18.5 Å². The molecule has 0 atom stereocenters. The largest absolute Gasteiger partial charge is 0.453 e. The Balaban J connectivity index is 1.53. The van der Waals surface area contributed by atoms with Crippen LogP contribution in [0.1, 0.15) is 27.2 Å². The van der Waals surface area contributed by atoms with E-state index >= 15 is 0 Å². The minimum atomic E-state index is -0.628. The summed E-state index contributed by atoms with van der Waals surface area (Å²) >= 11 is 0. The number of carbonyl (C=O) groups is 1. The molecule has 0 aliphatic heterocycles. The van der Waals surface area contributed by atoms with Crippen LogP contribution in [0.5, 0.6) is 11.5 Å². The van der Waals surface area contributed by atoms with Gasteiger partial charge in [-0.2, -0.15) is 0 Å². The van der Waals surface area contributed by atoms with E-state index in [1.165, 1.54) is 35.5 Å². The molecule has 3 rings (SSSR count). The number of amides is 1. The van der Waals surface area contributed by atoms with E-state index < -0.39 is 11.7 Å². The van der Waals surface area contributed by atoms with Crippen molar-refractivity contribution in [3.8, 4) is 11.5 Å². The molecular weight excluding hydrogens is 357 g/mol. The average molecular weight is 379 g/mol. The van der Waals surface area contributed by atoms with Gasteiger partial charge in [0, 0.05) is 6.54 Å². The summed E-state index contributed by atoms with van der Waals surface area (Å²) in [6, 6.07) is 16.1. The van der Waals surface area contributed by atoms with Gasteiger partial charge in [0.05, 0.1) is 6.20 Å². The number of aromatic nitrogens is 1. The fraction of sp³-hybridized carbons (Fsp3) is 0.182. The van der Waals surface area contributed by atoms with Gasteiger partial charge in [-0.3, -0.25) is 4.79 Å². The van der Waals surface area contributed by atoms with Gasteiger partial charge < -0.3 is 15.8 Å². The molecule has 0 radical (unpaired) electrons. The highest BCUT2D eigenvalue weighted by Crippen LogP contribution is 2.24. The van der Waals surface area contributed by atoms with Crippen molar-refractivity contribution < 1.29 is 13.9 Å². The molecule has 0 saturated carbocycles. The fourth-order valence-electron chi connectivity index (χ4n) is 2.80. The lowest BCUT2D eigenvalue weighted by Crippen LogP contribution is -2.17. The van der Waals surface area contributed by atoms with E-state index in [0.29, 0.717) is 12.3 Å². The van der Waals surface area contributed by atoms with Crippen LogP contribution in [0.2, 0.25) is 0 Å². The molecule has 1 heterocycles. The summed E-state index contributed by atoms with van der Waals surface area (Å²) in [7, 11) is 0. The lowest BCUT2D eigenvalue weighted by Gasteiger charge is -2.10. The Hall–Kier alpha value is -3.25. The maximum Gasteiger partial charge on any atom is 0.267 e. The molecule has 1 amide bonds. The average Bonchev–Trinajstić information content (AvgIpc) is 2.69. The van der Waals surface area contributed by atoms with Crippen molar-refractivity contribution in [2.75, 3.05) is 6.54 Å². The number of pyridine rings is 1. The van der Waals surface area contributed by atoms with Gasteiger partial charge in [0.25, 0.3) is 5.91 Å². The van der Waals surface area contributed by atoms with Crippen LogP contribution in [0, 0.1) is 12.7 Å². The second kappa shape index (κ2) is 9.10. The highest BCUT2D eigenvalue weighted by Gasteiger charge is 2.08. The van der Waals surface area contributed by atoms with E-state index in [1.54, 1.807) is 6.07 Å². The molecule has 0 aliphatic rings. The molecule has 2 aromatic carbocycles. The second-order valence-electron chi connectivity index (χ2n) is 6.46. The smallest absolute Gasteiger partial charge is 0.267 e. The number of hydrogen-bond acceptors (Lipinski definition) is 4. The highest BCUT2D eigenvalue weighted by atomic mass is 19.1. The topological polar surface area (TPSA) is 77.2 Å². The normalized spacial score (nSPS) is 10.6. The summed E-state index contributed by atoms with van der Waals surface area (Å²) in [6.45, 7) is 3.47. The summed E-state index contributed by atoms with van der Waals surface area (Å²) in [5, 5.41) is 3.33. The predicted octanol–water partition coefficient (Wildman–Crippen LogP) is 3.75. The highest BCUT2D eigenvalue weighted by molar-refractivity contribution is 5.90. The van der Waals surface area contributed by atoms with Crippen LogP contribution in [-0.2, 0) is 13.0 Å². The monoisotopic (exact) mass is 379 g/mol. The van der Waals surface area contributed by atoms with Crippen LogP contribution in [0.25, 0.3) is 0 Å². The van der Waals surface area contributed by atoms with Gasteiger partial charge in [-0.25, -0.2) is 9.37 Å². The molecule has 144 valence electrons. The van der Waals surface area contributed by atoms with E-state index in [1.807, 2.05) is 18.2 Å². The van der Waals surface area contributed by atoms with Gasteiger partial charge in [0.2, 0.25) is 0 Å². The van der Waals surface area contributed by atoms with E-state index in [4.69, 9.17) is 10.5 Å². The minimum absolute atomic E-state index is 0.0947. The van der Waals surface area contributed by atoms with Crippen molar-refractivity contribution >= 4 is 5.91 Å². The van der Waals surface area contributed by atoms with Crippen LogP contribution in [0.4, 0.5) is 4.39 Å². The van der Waals surface area contributed by atoms with Gasteiger partial charge in [-0.1, -0.05) is 30.3 Å². The summed E-state index contributed by atoms with van der Waals surface area (Å²) < 4.78 is 19.8. The Morgan fingerprint density at radius 3 is 2.68 bits per heavy atom. The van der Waals surface area contributed by atoms with Crippen LogP contribution < -0.4 is 15.8 Å². The Labute approximate surface area is 163 Å².